The van der Waals surface area contributed by atoms with Gasteiger partial charge in [0.15, 0.2) is 12.2 Å². The number of unbranched alkanes of at least 4 members (excludes halogenated alkanes) is 45. The van der Waals surface area contributed by atoms with E-state index in [0.717, 1.165) is 122 Å². The summed E-state index contributed by atoms with van der Waals surface area (Å²) in [5, 5.41) is 10.6. The molecular weight excluding hydrogens is 1230 g/mol. The molecule has 0 amide bonds. The second-order valence-corrected chi connectivity index (χ2v) is 29.3. The van der Waals surface area contributed by atoms with Crippen molar-refractivity contribution in [3.8, 4) is 0 Å². The van der Waals surface area contributed by atoms with Gasteiger partial charge >= 0.3 is 39.5 Å². The maximum Gasteiger partial charge on any atom is 0.472 e. The predicted octanol–water partition coefficient (Wildman–Crippen LogP) is 21.8. The Morgan fingerprint density at radius 2 is 0.511 bits per heavy atom. The minimum atomic E-state index is -4.96. The van der Waals surface area contributed by atoms with Crippen LogP contribution in [-0.2, 0) is 65.4 Å². The second kappa shape index (κ2) is 69.0. The quantitative estimate of drug-likeness (QED) is 0.0169. The molecular formula is C75H142O17P2. The number of rotatable bonds is 74. The van der Waals surface area contributed by atoms with Crippen molar-refractivity contribution in [2.75, 3.05) is 39.6 Å². The molecule has 2 unspecified atom stereocenters. The number of carbonyl (C=O) groups excluding carboxylic acids is 4. The molecule has 0 fully saturated rings. The highest BCUT2D eigenvalue weighted by molar-refractivity contribution is 7.47. The number of hydrogen-bond donors (Lipinski definition) is 3. The van der Waals surface area contributed by atoms with Gasteiger partial charge in [0.1, 0.15) is 19.3 Å². The zero-order valence-corrected chi connectivity index (χ0v) is 62.2. The fourth-order valence-corrected chi connectivity index (χ4v) is 12.6. The van der Waals surface area contributed by atoms with Crippen molar-refractivity contribution in [1.29, 1.82) is 0 Å². The molecule has 0 rings (SSSR count). The number of phosphoric ester groups is 2. The molecule has 0 saturated carbocycles. The number of aliphatic hydroxyl groups excluding tert-OH is 1. The molecule has 0 spiro atoms. The molecule has 17 nitrogen and oxygen atoms in total. The van der Waals surface area contributed by atoms with Crippen LogP contribution in [0.15, 0.2) is 24.3 Å². The average molecular weight is 1380 g/mol. The Bertz CT molecular complexity index is 1880. The third kappa shape index (κ3) is 68.1. The zero-order chi connectivity index (χ0) is 69.0. The SMILES string of the molecule is CCCCCC/C=C\C=C/CCCCCCCC(=O)OC[C@H](COP(=O)(O)OC[C@@H](O)COP(=O)(O)OC[C@@H](COC(=O)CCCCCCCCC)OC(=O)CCCCCCCCCCCCCCC)OC(=O)CCCCCCCCCCCCCCCCCCCCC. The first-order valence-corrected chi connectivity index (χ1v) is 41.6. The van der Waals surface area contributed by atoms with Crippen LogP contribution in [0, 0.1) is 0 Å². The third-order valence-corrected chi connectivity index (χ3v) is 18.9. The molecule has 3 N–H and O–H groups in total. The van der Waals surface area contributed by atoms with Gasteiger partial charge < -0.3 is 33.8 Å². The van der Waals surface area contributed by atoms with Crippen molar-refractivity contribution in [1.82, 2.24) is 0 Å². The van der Waals surface area contributed by atoms with Crippen LogP contribution in [0.5, 0.6) is 0 Å². The molecule has 0 saturated heterocycles. The van der Waals surface area contributed by atoms with Crippen molar-refractivity contribution in [2.45, 2.75) is 393 Å². The lowest BCUT2D eigenvalue weighted by molar-refractivity contribution is -0.161. The Labute approximate surface area is 573 Å². The van der Waals surface area contributed by atoms with Crippen molar-refractivity contribution < 1.29 is 80.2 Å². The van der Waals surface area contributed by atoms with E-state index in [1.807, 2.05) is 0 Å². The molecule has 0 radical (unpaired) electrons. The van der Waals surface area contributed by atoms with Gasteiger partial charge in [-0.15, -0.1) is 0 Å². The van der Waals surface area contributed by atoms with Gasteiger partial charge in [0.25, 0.3) is 0 Å². The summed E-state index contributed by atoms with van der Waals surface area (Å²) in [4.78, 5) is 72.6. The van der Waals surface area contributed by atoms with Gasteiger partial charge in [0.05, 0.1) is 26.4 Å². The smallest absolute Gasteiger partial charge is 0.462 e. The number of esters is 4. The van der Waals surface area contributed by atoms with Gasteiger partial charge in [-0.3, -0.25) is 37.3 Å². The van der Waals surface area contributed by atoms with E-state index in [9.17, 15) is 43.2 Å². The van der Waals surface area contributed by atoms with Crippen LogP contribution in [-0.4, -0.2) is 96.7 Å². The minimum absolute atomic E-state index is 0.102. The lowest BCUT2D eigenvalue weighted by atomic mass is 10.0. The van der Waals surface area contributed by atoms with Crippen LogP contribution >= 0.6 is 15.6 Å². The summed E-state index contributed by atoms with van der Waals surface area (Å²) in [5.41, 5.74) is 0. The van der Waals surface area contributed by atoms with E-state index >= 15 is 0 Å². The van der Waals surface area contributed by atoms with Crippen molar-refractivity contribution in [2.24, 2.45) is 0 Å². The topological polar surface area (TPSA) is 237 Å². The molecule has 0 aromatic heterocycles. The van der Waals surface area contributed by atoms with Crippen LogP contribution in [0.2, 0.25) is 0 Å². The summed E-state index contributed by atoms with van der Waals surface area (Å²) >= 11 is 0. The molecule has 19 heteroatoms. The van der Waals surface area contributed by atoms with Gasteiger partial charge in [-0.1, -0.05) is 322 Å². The standard InChI is InChI=1S/C75H142O17P2/c1-5-9-13-17-21-24-27-30-32-33-34-35-37-40-43-46-50-54-58-62-75(80)92-71(66-86-73(78)60-56-52-48-44-41-39-36-31-28-25-22-18-14-10-6-2)68-90-94(83,84)88-64-69(76)63-87-93(81,82)89-67-70(65-85-72(77)59-55-51-47-20-16-12-8-4)91-74(79)61-57-53-49-45-42-38-29-26-23-19-15-11-7-3/h25,28,31,36,69-71,76H,5-24,26-27,29-30,32-35,37-68H2,1-4H3,(H,81,82)(H,83,84)/b28-25-,36-31-/t69-,70+,71+/m0/s1. The molecule has 0 aliphatic carbocycles. The summed E-state index contributed by atoms with van der Waals surface area (Å²) in [6.07, 6.45) is 62.0. The lowest BCUT2D eigenvalue weighted by Crippen LogP contribution is -2.30. The highest BCUT2D eigenvalue weighted by Gasteiger charge is 2.30. The van der Waals surface area contributed by atoms with Gasteiger partial charge in [-0.2, -0.15) is 0 Å². The molecule has 5 atom stereocenters. The normalized spacial score (nSPS) is 14.1. The monoisotopic (exact) mass is 1380 g/mol. The first-order valence-electron chi connectivity index (χ1n) is 38.6. The van der Waals surface area contributed by atoms with Crippen LogP contribution in [0.4, 0.5) is 0 Å². The largest absolute Gasteiger partial charge is 0.472 e. The molecule has 94 heavy (non-hydrogen) atoms. The average Bonchev–Trinajstić information content (AvgIpc) is 1.77. The minimum Gasteiger partial charge on any atom is -0.462 e. The highest BCUT2D eigenvalue weighted by atomic mass is 31.2. The number of aliphatic hydroxyl groups is 1. The Balaban J connectivity index is 5.22. The molecule has 0 aromatic carbocycles. The number of phosphoric acid groups is 2. The number of allylic oxidation sites excluding steroid dienone is 4. The molecule has 0 aromatic rings. The number of carbonyl (C=O) groups is 4. The van der Waals surface area contributed by atoms with Crippen molar-refractivity contribution in [3.63, 3.8) is 0 Å². The van der Waals surface area contributed by atoms with E-state index in [0.29, 0.717) is 25.7 Å². The summed E-state index contributed by atoms with van der Waals surface area (Å²) < 4.78 is 68.3. The Morgan fingerprint density at radius 3 is 0.777 bits per heavy atom. The highest BCUT2D eigenvalue weighted by Crippen LogP contribution is 2.45. The maximum atomic E-state index is 13.1. The van der Waals surface area contributed by atoms with Gasteiger partial charge in [-0.25, -0.2) is 9.13 Å². The van der Waals surface area contributed by atoms with Crippen LogP contribution in [0.25, 0.3) is 0 Å². The second-order valence-electron chi connectivity index (χ2n) is 26.4. The zero-order valence-electron chi connectivity index (χ0n) is 60.4. The van der Waals surface area contributed by atoms with E-state index in [4.69, 9.17) is 37.0 Å². The summed E-state index contributed by atoms with van der Waals surface area (Å²) in [6, 6.07) is 0. The van der Waals surface area contributed by atoms with E-state index in [1.165, 1.54) is 173 Å². The van der Waals surface area contributed by atoms with E-state index < -0.39 is 97.5 Å². The van der Waals surface area contributed by atoms with Gasteiger partial charge in [0.2, 0.25) is 0 Å². The van der Waals surface area contributed by atoms with E-state index in [2.05, 4.69) is 52.0 Å². The Hall–Kier alpha value is -2.46. The van der Waals surface area contributed by atoms with Crippen molar-refractivity contribution >= 4 is 39.5 Å². The Kier molecular flexibility index (Phi) is 67.2. The summed E-state index contributed by atoms with van der Waals surface area (Å²) in [5.74, 6) is -2.15. The molecule has 0 aliphatic rings. The molecule has 0 bridgehead atoms. The number of hydrogen-bond acceptors (Lipinski definition) is 15. The van der Waals surface area contributed by atoms with Crippen molar-refractivity contribution in [3.05, 3.63) is 24.3 Å². The Morgan fingerprint density at radius 1 is 0.298 bits per heavy atom. The first kappa shape index (κ1) is 91.5. The predicted molar refractivity (Wildman–Crippen MR) is 381 cm³/mol. The number of ether oxygens (including phenoxy) is 4. The van der Waals surface area contributed by atoms with Gasteiger partial charge in [-0.05, 0) is 51.4 Å². The fourth-order valence-electron chi connectivity index (χ4n) is 11.0. The van der Waals surface area contributed by atoms with Gasteiger partial charge in [0, 0.05) is 25.7 Å². The van der Waals surface area contributed by atoms with Crippen LogP contribution in [0.3, 0.4) is 0 Å². The maximum absolute atomic E-state index is 13.1. The molecule has 0 aliphatic heterocycles. The summed E-state index contributed by atoms with van der Waals surface area (Å²) in [7, 11) is -9.91. The summed E-state index contributed by atoms with van der Waals surface area (Å²) in [6.45, 7) is 4.88. The van der Waals surface area contributed by atoms with Crippen LogP contribution < -0.4 is 0 Å². The van der Waals surface area contributed by atoms with E-state index in [-0.39, 0.29) is 25.7 Å². The molecule has 554 valence electrons. The molecule has 0 heterocycles. The lowest BCUT2D eigenvalue weighted by Gasteiger charge is -2.21. The third-order valence-electron chi connectivity index (χ3n) is 17.0. The van der Waals surface area contributed by atoms with E-state index in [1.54, 1.807) is 0 Å². The van der Waals surface area contributed by atoms with Crippen LogP contribution in [0.1, 0.15) is 374 Å². The first-order chi connectivity index (χ1) is 45.7. The fraction of sp³-hybridized carbons (Fsp3) is 0.893.